The van der Waals surface area contributed by atoms with Gasteiger partial charge in [-0.25, -0.2) is 15.0 Å². The minimum atomic E-state index is 0.667. The second-order valence-corrected chi connectivity index (χ2v) is 14.5. The molecule has 0 saturated carbocycles. The summed E-state index contributed by atoms with van der Waals surface area (Å²) in [4.78, 5) is 15.8. The number of benzene rings is 6. The summed E-state index contributed by atoms with van der Waals surface area (Å²) >= 11 is 1.91. The molecule has 0 aliphatic carbocycles. The number of nitrogens with zero attached hydrogens (tertiary/aromatic N) is 3. The van der Waals surface area contributed by atoms with E-state index in [2.05, 4.69) is 152 Å². The maximum absolute atomic E-state index is 5.34. The van der Waals surface area contributed by atoms with Crippen molar-refractivity contribution in [3.63, 3.8) is 0 Å². The number of thiophene rings is 1. The van der Waals surface area contributed by atoms with Crippen molar-refractivity contribution in [2.45, 2.75) is 0 Å². The van der Waals surface area contributed by atoms with Crippen molar-refractivity contribution in [1.29, 1.82) is 0 Å². The van der Waals surface area contributed by atoms with Crippen LogP contribution in [0.15, 0.2) is 109 Å². The van der Waals surface area contributed by atoms with Crippen molar-refractivity contribution < 1.29 is 0 Å². The lowest BCUT2D eigenvalue weighted by molar-refractivity contribution is 1.08. The van der Waals surface area contributed by atoms with Crippen LogP contribution in [0.4, 0.5) is 0 Å². The zero-order chi connectivity index (χ0) is 34.7. The van der Waals surface area contributed by atoms with Crippen LogP contribution in [-0.4, -0.2) is 69.9 Å². The lowest BCUT2D eigenvalue weighted by Gasteiger charge is -2.17. The third-order valence-electron chi connectivity index (χ3n) is 10.7. The molecule has 8 rings (SSSR count). The first-order valence-corrected chi connectivity index (χ1v) is 18.0. The lowest BCUT2D eigenvalue weighted by atomic mass is 9.64. The summed E-state index contributed by atoms with van der Waals surface area (Å²) in [5.41, 5.74) is 16.9. The number of rotatable bonds is 5. The van der Waals surface area contributed by atoms with Crippen LogP contribution in [0.5, 0.6) is 0 Å². The second kappa shape index (κ2) is 12.7. The Morgan fingerprint density at radius 2 is 0.780 bits per heavy atom. The zero-order valence-corrected chi connectivity index (χ0v) is 30.5. The van der Waals surface area contributed by atoms with E-state index in [1.54, 1.807) is 0 Å². The topological polar surface area (TPSA) is 38.7 Å². The van der Waals surface area contributed by atoms with Gasteiger partial charge in [-0.15, -0.1) is 22.3 Å². The van der Waals surface area contributed by atoms with Crippen molar-refractivity contribution >= 4 is 125 Å². The molecule has 0 saturated heterocycles. The van der Waals surface area contributed by atoms with Crippen molar-refractivity contribution in [2.24, 2.45) is 0 Å². The number of aromatic nitrogens is 3. The molecule has 0 atom stereocenters. The van der Waals surface area contributed by atoms with E-state index in [0.717, 1.165) is 33.4 Å². The standard InChI is InChI=1S/C39H32B7N3S/c40-28-26-25-27(29(41)31(43)33(45)35(25)50-36(26)34(46)32(44)30(28)42)39-48-37(22-16-14-21(15-17-22)19-8-3-1-4-9-19)47-38(49-39)24-13-7-12-23(18-24)20-10-5-2-6-11-20/h1-18H,40-46H2. The molecule has 0 aliphatic heterocycles. The minimum Gasteiger partial charge on any atom is -0.208 e. The third kappa shape index (κ3) is 5.36. The summed E-state index contributed by atoms with van der Waals surface area (Å²) in [6.45, 7) is 0. The summed E-state index contributed by atoms with van der Waals surface area (Å²) < 4.78 is 2.67. The predicted octanol–water partition coefficient (Wildman–Crippen LogP) is -1.62. The average Bonchev–Trinajstić information content (AvgIpc) is 3.57. The highest BCUT2D eigenvalue weighted by Crippen LogP contribution is 2.36. The third-order valence-corrected chi connectivity index (χ3v) is 12.2. The van der Waals surface area contributed by atoms with Crippen LogP contribution in [0.2, 0.25) is 0 Å². The summed E-state index contributed by atoms with van der Waals surface area (Å²) in [5.74, 6) is 2.04. The Bertz CT molecular complexity index is 2610. The van der Waals surface area contributed by atoms with Gasteiger partial charge in [-0.2, -0.15) is 0 Å². The Morgan fingerprint density at radius 1 is 0.340 bits per heavy atom. The van der Waals surface area contributed by atoms with Gasteiger partial charge in [0.15, 0.2) is 17.5 Å². The fourth-order valence-corrected chi connectivity index (χ4v) is 8.72. The molecule has 0 radical (unpaired) electrons. The largest absolute Gasteiger partial charge is 0.208 e. The molecule has 2 heterocycles. The van der Waals surface area contributed by atoms with E-state index in [1.165, 1.54) is 64.0 Å². The smallest absolute Gasteiger partial charge is 0.164 e. The summed E-state index contributed by atoms with van der Waals surface area (Å²) in [6, 6.07) is 38.1. The first kappa shape index (κ1) is 32.2. The van der Waals surface area contributed by atoms with Gasteiger partial charge in [0.2, 0.25) is 0 Å². The molecule has 0 fully saturated rings. The summed E-state index contributed by atoms with van der Waals surface area (Å²) in [7, 11) is 15.8. The molecule has 3 nitrogen and oxygen atoms in total. The van der Waals surface area contributed by atoms with Gasteiger partial charge in [0.25, 0.3) is 0 Å². The van der Waals surface area contributed by atoms with E-state index in [9.17, 15) is 0 Å². The molecule has 230 valence electrons. The molecular formula is C39H32B7N3S. The molecule has 11 heteroatoms. The van der Waals surface area contributed by atoms with Gasteiger partial charge >= 0.3 is 0 Å². The van der Waals surface area contributed by atoms with Gasteiger partial charge in [-0.1, -0.05) is 130 Å². The van der Waals surface area contributed by atoms with E-state index in [1.807, 2.05) is 23.5 Å². The number of hydrogen-bond donors (Lipinski definition) is 0. The van der Waals surface area contributed by atoms with Crippen molar-refractivity contribution in [1.82, 2.24) is 15.0 Å². The Morgan fingerprint density at radius 3 is 1.42 bits per heavy atom. The van der Waals surface area contributed by atoms with E-state index in [-0.39, 0.29) is 0 Å². The van der Waals surface area contributed by atoms with Crippen molar-refractivity contribution in [2.75, 3.05) is 0 Å². The normalized spacial score (nSPS) is 11.4. The van der Waals surface area contributed by atoms with Crippen LogP contribution in [-0.2, 0) is 0 Å². The van der Waals surface area contributed by atoms with Gasteiger partial charge in [0, 0.05) is 31.5 Å². The first-order valence-electron chi connectivity index (χ1n) is 17.2. The minimum absolute atomic E-state index is 0.667. The number of hydrogen-bond acceptors (Lipinski definition) is 4. The molecule has 0 aliphatic rings. The lowest BCUT2D eigenvalue weighted by Crippen LogP contribution is -2.47. The Hall–Kier alpha value is -5.00. The van der Waals surface area contributed by atoms with Gasteiger partial charge in [-0.3, -0.25) is 0 Å². The second-order valence-electron chi connectivity index (χ2n) is 13.5. The van der Waals surface area contributed by atoms with Crippen molar-refractivity contribution in [3.8, 4) is 56.4 Å². The predicted molar refractivity (Wildman–Crippen MR) is 237 cm³/mol. The molecule has 50 heavy (non-hydrogen) atoms. The van der Waals surface area contributed by atoms with Gasteiger partial charge in [0.1, 0.15) is 54.9 Å². The Labute approximate surface area is 303 Å². The molecule has 0 spiro atoms. The molecular weight excluding hydrogens is 618 g/mol. The zero-order valence-electron chi connectivity index (χ0n) is 29.6. The molecule has 0 bridgehead atoms. The fourth-order valence-electron chi connectivity index (χ4n) is 7.24. The van der Waals surface area contributed by atoms with Gasteiger partial charge < -0.3 is 0 Å². The quantitative estimate of drug-likeness (QED) is 0.211. The molecule has 8 aromatic rings. The maximum atomic E-state index is 5.34. The average molecular weight is 650 g/mol. The number of fused-ring (bicyclic) bond motifs is 3. The molecule has 2 aromatic heterocycles. The van der Waals surface area contributed by atoms with Crippen LogP contribution in [0.1, 0.15) is 0 Å². The van der Waals surface area contributed by atoms with E-state index in [0.29, 0.717) is 17.5 Å². The highest BCUT2D eigenvalue weighted by Gasteiger charge is 2.24. The Balaban J connectivity index is 1.42. The van der Waals surface area contributed by atoms with E-state index >= 15 is 0 Å². The SMILES string of the molecule is Bc1c(B)c(B)c2c(sc3c(B)c(B)c(B)c(-c4nc(-c5ccc(-c6ccccc6)cc5)nc(-c5cccc(-c6ccccc6)c5)n4)c32)c1B. The monoisotopic (exact) mass is 651 g/mol. The highest BCUT2D eigenvalue weighted by molar-refractivity contribution is 7.28. The van der Waals surface area contributed by atoms with Crippen molar-refractivity contribution in [3.05, 3.63) is 109 Å². The van der Waals surface area contributed by atoms with Crippen LogP contribution in [0.3, 0.4) is 0 Å². The molecule has 0 unspecified atom stereocenters. The van der Waals surface area contributed by atoms with Crippen LogP contribution in [0, 0.1) is 0 Å². The van der Waals surface area contributed by atoms with E-state index in [4.69, 9.17) is 15.0 Å². The van der Waals surface area contributed by atoms with Crippen LogP contribution < -0.4 is 38.2 Å². The molecule has 6 aromatic carbocycles. The first-order chi connectivity index (χ1) is 24.2. The Kier molecular flexibility index (Phi) is 8.19. The van der Waals surface area contributed by atoms with Crippen LogP contribution >= 0.6 is 11.3 Å². The molecule has 0 amide bonds. The molecule has 0 N–H and O–H groups in total. The fraction of sp³-hybridized carbons (Fsp3) is 0. The van der Waals surface area contributed by atoms with Gasteiger partial charge in [-0.05, 0) is 33.7 Å². The highest BCUT2D eigenvalue weighted by atomic mass is 32.1. The summed E-state index contributed by atoms with van der Waals surface area (Å²) in [6.07, 6.45) is 0. The van der Waals surface area contributed by atoms with E-state index < -0.39 is 0 Å². The van der Waals surface area contributed by atoms with Gasteiger partial charge in [0.05, 0.1) is 0 Å². The van der Waals surface area contributed by atoms with Crippen LogP contribution in [0.25, 0.3) is 76.6 Å². The maximum Gasteiger partial charge on any atom is 0.164 e. The summed E-state index contributed by atoms with van der Waals surface area (Å²) in [5, 5.41) is 2.59.